The highest BCUT2D eigenvalue weighted by Crippen LogP contribution is 2.43. The molecule has 0 saturated carbocycles. The largest absolute Gasteiger partial charge is 0.479 e. The minimum absolute atomic E-state index is 0. The van der Waals surface area contributed by atoms with Crippen LogP contribution in [0.2, 0.25) is 0 Å². The number of benzene rings is 1. The number of likely N-dealkylation sites (tertiary alicyclic amines) is 1. The van der Waals surface area contributed by atoms with Crippen molar-refractivity contribution in [1.29, 1.82) is 0 Å². The number of carbonyl (C=O) groups is 1. The van der Waals surface area contributed by atoms with Crippen LogP contribution in [0.4, 0.5) is 0 Å². The molecule has 4 heterocycles. The number of rotatable bonds is 5. The fraction of sp³-hybridized carbons (Fsp3) is 0.650. The number of carboxylic acids is 1. The minimum Gasteiger partial charge on any atom is -0.479 e. The summed E-state index contributed by atoms with van der Waals surface area (Å²) in [5.74, 6) is -0.390. The van der Waals surface area contributed by atoms with Crippen molar-refractivity contribution in [2.75, 3.05) is 32.7 Å². The highest BCUT2D eigenvalue weighted by atomic mass is 35.5. The van der Waals surface area contributed by atoms with Crippen LogP contribution in [0.25, 0.3) is 0 Å². The third-order valence-electron chi connectivity index (χ3n) is 6.61. The van der Waals surface area contributed by atoms with Crippen LogP contribution in [0, 0.1) is 11.8 Å². The third-order valence-corrected chi connectivity index (χ3v) is 6.61. The van der Waals surface area contributed by atoms with Gasteiger partial charge in [-0.05, 0) is 69.3 Å². The molecule has 2 N–H and O–H groups in total. The molecule has 7 heteroatoms. The summed E-state index contributed by atoms with van der Waals surface area (Å²) in [5, 5.41) is 21.7. The Morgan fingerprint density at radius 3 is 2.11 bits per heavy atom. The van der Waals surface area contributed by atoms with Gasteiger partial charge in [0.25, 0.3) is 0 Å². The summed E-state index contributed by atoms with van der Waals surface area (Å²) in [6.07, 6.45) is 4.42. The maximum Gasteiger partial charge on any atom is 0.342 e. The van der Waals surface area contributed by atoms with Crippen molar-refractivity contribution in [1.82, 2.24) is 9.80 Å². The fourth-order valence-electron chi connectivity index (χ4n) is 5.35. The zero-order valence-corrected chi connectivity index (χ0v) is 17.1. The first-order valence-corrected chi connectivity index (χ1v) is 9.58. The Morgan fingerprint density at radius 1 is 1.04 bits per heavy atom. The van der Waals surface area contributed by atoms with Crippen molar-refractivity contribution in [3.05, 3.63) is 35.9 Å². The van der Waals surface area contributed by atoms with Gasteiger partial charge in [-0.25, -0.2) is 4.79 Å². The highest BCUT2D eigenvalue weighted by molar-refractivity contribution is 5.85. The maximum atomic E-state index is 12.4. The van der Waals surface area contributed by atoms with Gasteiger partial charge in [0.2, 0.25) is 5.60 Å². The molecule has 0 spiro atoms. The van der Waals surface area contributed by atoms with E-state index >= 15 is 0 Å². The summed E-state index contributed by atoms with van der Waals surface area (Å²) in [6, 6.07) is 8.67. The summed E-state index contributed by atoms with van der Waals surface area (Å²) in [7, 11) is 0. The van der Waals surface area contributed by atoms with Crippen LogP contribution in [0.3, 0.4) is 0 Å². The van der Waals surface area contributed by atoms with Gasteiger partial charge in [-0.2, -0.15) is 0 Å². The minimum atomic E-state index is -1.85. The molecule has 0 aromatic heterocycles. The van der Waals surface area contributed by atoms with Crippen LogP contribution < -0.4 is 0 Å². The summed E-state index contributed by atoms with van der Waals surface area (Å²) in [4.78, 5) is 17.1. The van der Waals surface area contributed by atoms with Crippen LogP contribution in [0.5, 0.6) is 0 Å². The van der Waals surface area contributed by atoms with Crippen LogP contribution in [0.15, 0.2) is 30.3 Å². The lowest BCUT2D eigenvalue weighted by Gasteiger charge is -2.52. The number of piperidine rings is 3. The topological polar surface area (TPSA) is 64.0 Å². The molecular formula is C20H30Cl2N2O3. The van der Waals surface area contributed by atoms with E-state index in [1.807, 2.05) is 18.2 Å². The van der Waals surface area contributed by atoms with Gasteiger partial charge in [0.15, 0.2) is 0 Å². The predicted octanol–water partition coefficient (Wildman–Crippen LogP) is 2.61. The van der Waals surface area contributed by atoms with Gasteiger partial charge >= 0.3 is 5.97 Å². The maximum absolute atomic E-state index is 12.4. The Kier molecular flexibility index (Phi) is 7.56. The lowest BCUT2D eigenvalue weighted by Crippen LogP contribution is -2.64. The molecule has 3 unspecified atom stereocenters. The lowest BCUT2D eigenvalue weighted by atomic mass is 9.68. The van der Waals surface area contributed by atoms with E-state index in [9.17, 15) is 15.0 Å². The molecule has 4 saturated heterocycles. The summed E-state index contributed by atoms with van der Waals surface area (Å²) < 4.78 is 0. The number of aliphatic hydroxyl groups is 1. The number of hydrogen-bond acceptors (Lipinski definition) is 4. The molecule has 1 aromatic carbocycles. The smallest absolute Gasteiger partial charge is 0.342 e. The fourth-order valence-corrected chi connectivity index (χ4v) is 5.35. The van der Waals surface area contributed by atoms with Crippen LogP contribution in [-0.2, 0) is 10.4 Å². The number of nitrogens with zero attached hydrogens (tertiary/aromatic N) is 2. The van der Waals surface area contributed by atoms with Gasteiger partial charge in [0.05, 0.1) is 6.04 Å². The molecule has 152 valence electrons. The van der Waals surface area contributed by atoms with Gasteiger partial charge < -0.3 is 15.1 Å². The van der Waals surface area contributed by atoms with E-state index < -0.39 is 11.6 Å². The molecule has 0 radical (unpaired) electrons. The molecule has 4 aliphatic heterocycles. The standard InChI is InChI=1S/C20H28N2O3.2ClH/c23-19(24)20(25,16-6-2-1-3-7-16)18(22-10-4-5-11-22)17-14-21-12-8-15(17)9-13-21;;/h1-3,6-7,15,17-18,25H,4-5,8-14H2,(H,23,24);2*1H. The molecule has 5 rings (SSSR count). The number of aliphatic carboxylic acids is 1. The molecular weight excluding hydrogens is 387 g/mol. The van der Waals surface area contributed by atoms with Gasteiger partial charge in [-0.1, -0.05) is 30.3 Å². The van der Waals surface area contributed by atoms with Crippen LogP contribution >= 0.6 is 24.8 Å². The van der Waals surface area contributed by atoms with Crippen molar-refractivity contribution in [2.45, 2.75) is 37.3 Å². The zero-order valence-electron chi connectivity index (χ0n) is 15.5. The molecule has 2 bridgehead atoms. The number of carboxylic acid groups (broad SMARTS) is 1. The molecule has 4 fully saturated rings. The monoisotopic (exact) mass is 416 g/mol. The van der Waals surface area contributed by atoms with E-state index in [1.54, 1.807) is 12.1 Å². The van der Waals surface area contributed by atoms with E-state index in [0.29, 0.717) is 11.5 Å². The van der Waals surface area contributed by atoms with Gasteiger partial charge in [0.1, 0.15) is 0 Å². The second-order valence-corrected chi connectivity index (χ2v) is 7.93. The predicted molar refractivity (Wildman–Crippen MR) is 110 cm³/mol. The van der Waals surface area contributed by atoms with Crippen molar-refractivity contribution < 1.29 is 15.0 Å². The molecule has 0 aliphatic carbocycles. The van der Waals surface area contributed by atoms with Crippen LogP contribution in [0.1, 0.15) is 31.2 Å². The number of halogens is 2. The molecule has 3 atom stereocenters. The first kappa shape index (κ1) is 22.4. The molecule has 27 heavy (non-hydrogen) atoms. The van der Waals surface area contributed by atoms with Crippen molar-refractivity contribution in [2.24, 2.45) is 11.8 Å². The Morgan fingerprint density at radius 2 is 1.63 bits per heavy atom. The van der Waals surface area contributed by atoms with Gasteiger partial charge in [-0.3, -0.25) is 4.90 Å². The number of fused-ring (bicyclic) bond motifs is 3. The van der Waals surface area contributed by atoms with Crippen molar-refractivity contribution >= 4 is 30.8 Å². The normalized spacial score (nSPS) is 30.6. The van der Waals surface area contributed by atoms with Gasteiger partial charge in [0, 0.05) is 6.54 Å². The first-order chi connectivity index (χ1) is 12.1. The molecule has 4 aliphatic rings. The van der Waals surface area contributed by atoms with E-state index in [-0.39, 0.29) is 36.8 Å². The van der Waals surface area contributed by atoms with Gasteiger partial charge in [-0.15, -0.1) is 24.8 Å². The second kappa shape index (κ2) is 9.10. The average molecular weight is 417 g/mol. The third kappa shape index (κ3) is 3.99. The Balaban J connectivity index is 0.00000131. The quantitative estimate of drug-likeness (QED) is 0.771. The van der Waals surface area contributed by atoms with Crippen molar-refractivity contribution in [3.63, 3.8) is 0 Å². The van der Waals surface area contributed by atoms with E-state index in [0.717, 1.165) is 58.4 Å². The molecule has 1 aromatic rings. The summed E-state index contributed by atoms with van der Waals surface area (Å²) >= 11 is 0. The first-order valence-electron chi connectivity index (χ1n) is 9.58. The highest BCUT2D eigenvalue weighted by Gasteiger charge is 2.55. The van der Waals surface area contributed by atoms with Crippen LogP contribution in [-0.4, -0.2) is 64.7 Å². The molecule has 5 nitrogen and oxygen atoms in total. The Labute approximate surface area is 173 Å². The number of hydrogen-bond donors (Lipinski definition) is 2. The van der Waals surface area contributed by atoms with Crippen molar-refractivity contribution in [3.8, 4) is 0 Å². The summed E-state index contributed by atoms with van der Waals surface area (Å²) in [6.45, 7) is 4.91. The zero-order chi connectivity index (χ0) is 17.4. The molecule has 0 amide bonds. The SMILES string of the molecule is Cl.Cl.O=C(O)C(O)(c1ccccc1)C(C1CN2CCC1CC2)N1CCCC1. The second-order valence-electron chi connectivity index (χ2n) is 7.93. The van der Waals surface area contributed by atoms with E-state index in [2.05, 4.69) is 9.80 Å². The van der Waals surface area contributed by atoms with E-state index in [1.165, 1.54) is 0 Å². The van der Waals surface area contributed by atoms with E-state index in [4.69, 9.17) is 0 Å². The Bertz CT molecular complexity index is 619. The Hall–Kier alpha value is -0.850. The lowest BCUT2D eigenvalue weighted by molar-refractivity contribution is -0.177. The summed E-state index contributed by atoms with van der Waals surface area (Å²) in [5.41, 5.74) is -1.34. The average Bonchev–Trinajstić information content (AvgIpc) is 3.17.